The lowest BCUT2D eigenvalue weighted by molar-refractivity contribution is 0.0171. The van der Waals surface area contributed by atoms with E-state index in [1.54, 1.807) is 0 Å². The monoisotopic (exact) mass is 704 g/mol. The molecule has 8 atom stereocenters. The van der Waals surface area contributed by atoms with Gasteiger partial charge in [0.05, 0.1) is 18.3 Å². The highest BCUT2D eigenvalue weighted by molar-refractivity contribution is 7.51. The normalized spacial score (nSPS) is 27.7. The molecule has 10 heteroatoms. The number of rotatable bonds is 4. The lowest BCUT2D eigenvalue weighted by Crippen LogP contribution is -2.47. The second kappa shape index (κ2) is 20.2. The molecule has 262 valence electrons. The zero-order chi connectivity index (χ0) is 35.9. The van der Waals surface area contributed by atoms with E-state index in [1.807, 2.05) is 12.1 Å². The van der Waals surface area contributed by atoms with E-state index in [2.05, 4.69) is 129 Å². The number of aliphatic hydroxyl groups excluding tert-OH is 2. The van der Waals surface area contributed by atoms with Crippen LogP contribution in [0.2, 0.25) is 18.1 Å². The molecule has 0 heterocycles. The average molecular weight is 705 g/mol. The van der Waals surface area contributed by atoms with Gasteiger partial charge in [0.15, 0.2) is 8.32 Å². The SMILES string of the molecule is C[C@@H]1[C@H](C)[C@H](C)C(c2ccccc2)=CC[C@H]1O.C[C@@H]1[C@H](O)[C@H](C)C(c2ccccc2)=CC[C@H]1O[Si](C)(C)C(C)(C)C.O=S=O.O=S=O. The number of hydrogen-bond acceptors (Lipinski definition) is 7. The van der Waals surface area contributed by atoms with Crippen LogP contribution < -0.4 is 0 Å². The summed E-state index contributed by atoms with van der Waals surface area (Å²) in [5.74, 6) is 1.63. The van der Waals surface area contributed by atoms with Gasteiger partial charge in [0.2, 0.25) is 0 Å². The molecule has 0 fully saturated rings. The van der Waals surface area contributed by atoms with Crippen LogP contribution in [0.25, 0.3) is 11.1 Å². The maximum Gasteiger partial charge on any atom is 0.335 e. The minimum Gasteiger partial charge on any atom is -0.413 e. The van der Waals surface area contributed by atoms with Gasteiger partial charge in [-0.1, -0.05) is 128 Å². The largest absolute Gasteiger partial charge is 0.413 e. The van der Waals surface area contributed by atoms with Gasteiger partial charge >= 0.3 is 23.1 Å². The Labute approximate surface area is 291 Å². The molecule has 0 unspecified atom stereocenters. The summed E-state index contributed by atoms with van der Waals surface area (Å²) in [6.45, 7) is 22.4. The van der Waals surface area contributed by atoms with Crippen LogP contribution >= 0.6 is 0 Å². The second-order valence-corrected chi connectivity index (χ2v) is 19.3. The molecule has 0 aromatic heterocycles. The number of allylic oxidation sites excluding steroid dienone is 1. The van der Waals surface area contributed by atoms with Crippen LogP contribution in [0.15, 0.2) is 72.8 Å². The minimum atomic E-state index is -1.85. The molecule has 2 aliphatic carbocycles. The molecular formula is C37H56O7S2Si. The molecule has 0 aliphatic heterocycles. The van der Waals surface area contributed by atoms with Gasteiger partial charge in [-0.25, -0.2) is 0 Å². The maximum absolute atomic E-state index is 10.9. The summed E-state index contributed by atoms with van der Waals surface area (Å²) in [5.41, 5.74) is 5.15. The molecule has 0 saturated heterocycles. The Kier molecular flexibility index (Phi) is 18.4. The van der Waals surface area contributed by atoms with Crippen molar-refractivity contribution >= 4 is 42.6 Å². The Bertz CT molecular complexity index is 1330. The topological polar surface area (TPSA) is 118 Å². The molecule has 0 saturated carbocycles. The highest BCUT2D eigenvalue weighted by Crippen LogP contribution is 2.42. The van der Waals surface area contributed by atoms with Gasteiger partial charge in [-0.15, -0.1) is 0 Å². The Morgan fingerprint density at radius 2 is 1.06 bits per heavy atom. The molecule has 0 bridgehead atoms. The molecule has 2 aromatic rings. The summed E-state index contributed by atoms with van der Waals surface area (Å²) in [4.78, 5) is 0. The smallest absolute Gasteiger partial charge is 0.335 e. The molecular weight excluding hydrogens is 649 g/mol. The van der Waals surface area contributed by atoms with Gasteiger partial charge < -0.3 is 14.6 Å². The molecule has 0 radical (unpaired) electrons. The fraction of sp³-hybridized carbons (Fsp3) is 0.568. The van der Waals surface area contributed by atoms with Crippen LogP contribution in [0.1, 0.15) is 79.4 Å². The molecule has 4 rings (SSSR count). The Morgan fingerprint density at radius 3 is 1.49 bits per heavy atom. The Hall–Kier alpha value is -2.34. The first-order valence-corrected chi connectivity index (χ1v) is 20.6. The molecule has 2 aromatic carbocycles. The lowest BCUT2D eigenvalue weighted by atomic mass is 9.79. The number of aliphatic hydroxyl groups is 2. The zero-order valence-corrected chi connectivity index (χ0v) is 32.3. The molecule has 2 aliphatic rings. The fourth-order valence-electron chi connectivity index (χ4n) is 5.97. The van der Waals surface area contributed by atoms with Crippen molar-refractivity contribution in [3.05, 3.63) is 83.9 Å². The predicted molar refractivity (Wildman–Crippen MR) is 196 cm³/mol. The van der Waals surface area contributed by atoms with Gasteiger partial charge in [0.25, 0.3) is 0 Å². The third-order valence-electron chi connectivity index (χ3n) is 10.5. The van der Waals surface area contributed by atoms with E-state index in [-0.39, 0.29) is 35.2 Å². The third kappa shape index (κ3) is 12.6. The lowest BCUT2D eigenvalue weighted by Gasteiger charge is -2.41. The summed E-state index contributed by atoms with van der Waals surface area (Å²) >= 11 is -1.50. The zero-order valence-electron chi connectivity index (χ0n) is 29.7. The van der Waals surface area contributed by atoms with E-state index in [4.69, 9.17) is 21.3 Å². The van der Waals surface area contributed by atoms with E-state index >= 15 is 0 Å². The van der Waals surface area contributed by atoms with Crippen LogP contribution in [0.3, 0.4) is 0 Å². The maximum atomic E-state index is 10.9. The van der Waals surface area contributed by atoms with Gasteiger partial charge in [0, 0.05) is 11.8 Å². The number of hydrogen-bond donors (Lipinski definition) is 2. The summed E-state index contributed by atoms with van der Waals surface area (Å²) in [7, 11) is -1.85. The van der Waals surface area contributed by atoms with E-state index < -0.39 is 31.5 Å². The standard InChI is InChI=1S/C21H34O2Si.C16H22O.2O2S/c1-15-18(17-11-9-8-10-12-17)13-14-19(16(2)20(15)22)23-24(6,7)21(3,4)5;1-11-12(2)15(9-10-16(17)13(11)3)14-7-5-4-6-8-14;2*1-3-2/h8-13,15-16,19-20,22H,14H2,1-7H3;4-9,11-13,16-17H,10H2,1-3H3;;/t15-,16+,19-,20-;11-,12+,13-,16-;;/m11../s1. The van der Waals surface area contributed by atoms with Crippen molar-refractivity contribution < 1.29 is 31.5 Å². The van der Waals surface area contributed by atoms with Crippen molar-refractivity contribution in [2.24, 2.45) is 29.6 Å². The quantitative estimate of drug-likeness (QED) is 0.311. The molecule has 0 spiro atoms. The van der Waals surface area contributed by atoms with Crippen molar-refractivity contribution in [2.75, 3.05) is 0 Å². The summed E-state index contributed by atoms with van der Waals surface area (Å²) in [6.07, 6.45) is 5.68. The summed E-state index contributed by atoms with van der Waals surface area (Å²) in [6, 6.07) is 21.0. The summed E-state index contributed by atoms with van der Waals surface area (Å²) < 4.78 is 39.8. The summed E-state index contributed by atoms with van der Waals surface area (Å²) in [5, 5.41) is 21.2. The van der Waals surface area contributed by atoms with E-state index in [9.17, 15) is 10.2 Å². The van der Waals surface area contributed by atoms with E-state index in [1.165, 1.54) is 22.3 Å². The van der Waals surface area contributed by atoms with Crippen molar-refractivity contribution in [1.29, 1.82) is 0 Å². The molecule has 47 heavy (non-hydrogen) atoms. The average Bonchev–Trinajstić information content (AvgIpc) is 3.19. The van der Waals surface area contributed by atoms with Crippen LogP contribution in [0.4, 0.5) is 0 Å². The molecule has 2 N–H and O–H groups in total. The first kappa shape index (κ1) is 42.7. The molecule has 7 nitrogen and oxygen atoms in total. The molecule has 0 amide bonds. The van der Waals surface area contributed by atoms with Crippen LogP contribution in [0.5, 0.6) is 0 Å². The van der Waals surface area contributed by atoms with Crippen LogP contribution in [-0.4, -0.2) is 53.7 Å². The van der Waals surface area contributed by atoms with Gasteiger partial charge in [0.1, 0.15) is 0 Å². The van der Waals surface area contributed by atoms with Gasteiger partial charge in [-0.3, -0.25) is 0 Å². The fourth-order valence-corrected chi connectivity index (χ4v) is 7.39. The van der Waals surface area contributed by atoms with Crippen molar-refractivity contribution in [3.8, 4) is 0 Å². The number of benzene rings is 2. The van der Waals surface area contributed by atoms with Crippen molar-refractivity contribution in [2.45, 2.75) is 105 Å². The second-order valence-electron chi connectivity index (χ2n) is 14.3. The third-order valence-corrected chi connectivity index (χ3v) is 15.0. The van der Waals surface area contributed by atoms with E-state index in [0.717, 1.165) is 12.8 Å². The highest BCUT2D eigenvalue weighted by atomic mass is 32.1. The minimum absolute atomic E-state index is 0.0875. The van der Waals surface area contributed by atoms with Gasteiger partial charge in [-0.2, -0.15) is 16.8 Å². The Balaban J connectivity index is 0.000000418. The predicted octanol–water partition coefficient (Wildman–Crippen LogP) is 7.90. The van der Waals surface area contributed by atoms with E-state index in [0.29, 0.717) is 17.8 Å². The first-order valence-electron chi connectivity index (χ1n) is 16.4. The van der Waals surface area contributed by atoms with Crippen LogP contribution in [0, 0.1) is 29.6 Å². The van der Waals surface area contributed by atoms with Crippen molar-refractivity contribution in [3.63, 3.8) is 0 Å². The first-order chi connectivity index (χ1) is 22.0. The van der Waals surface area contributed by atoms with Crippen LogP contribution in [-0.2, 0) is 27.6 Å². The van der Waals surface area contributed by atoms with Crippen molar-refractivity contribution in [1.82, 2.24) is 0 Å². The van der Waals surface area contributed by atoms with Gasteiger partial charge in [-0.05, 0) is 71.0 Å². The highest BCUT2D eigenvalue weighted by Gasteiger charge is 2.42. The Morgan fingerprint density at radius 1 is 0.660 bits per heavy atom.